The molecule has 1 nitrogen and oxygen atoms in total. The van der Waals surface area contributed by atoms with Crippen molar-refractivity contribution in [2.24, 2.45) is 5.92 Å². The van der Waals surface area contributed by atoms with Gasteiger partial charge in [-0.1, -0.05) is 32.9 Å². The number of hydrogen-bond acceptors (Lipinski definition) is 1. The van der Waals surface area contributed by atoms with Crippen molar-refractivity contribution in [1.29, 1.82) is 0 Å². The van der Waals surface area contributed by atoms with Crippen LogP contribution in [0.15, 0.2) is 36.2 Å². The number of halogens is 4. The fraction of sp³-hybridized carbons (Fsp3) is 0.467. The fourth-order valence-electron chi connectivity index (χ4n) is 1.02. The van der Waals surface area contributed by atoms with Crippen molar-refractivity contribution >= 4 is 0 Å². The summed E-state index contributed by atoms with van der Waals surface area (Å²) >= 11 is 0. The predicted molar refractivity (Wildman–Crippen MR) is 71.6 cm³/mol. The van der Waals surface area contributed by atoms with Gasteiger partial charge in [0.2, 0.25) is 0 Å². The van der Waals surface area contributed by atoms with E-state index in [0.29, 0.717) is 18.1 Å². The van der Waals surface area contributed by atoms with Crippen molar-refractivity contribution in [3.63, 3.8) is 0 Å². The summed E-state index contributed by atoms with van der Waals surface area (Å²) in [5.41, 5.74) is -0.238. The number of allylic oxidation sites excluding steroid dienone is 2. The summed E-state index contributed by atoms with van der Waals surface area (Å²) in [7, 11) is 0. The van der Waals surface area contributed by atoms with E-state index in [1.807, 2.05) is 13.8 Å². The van der Waals surface area contributed by atoms with Gasteiger partial charge in [-0.3, -0.25) is 0 Å². The topological polar surface area (TPSA) is 9.23 Å². The smallest absolute Gasteiger partial charge is 0.374 e. The van der Waals surface area contributed by atoms with Crippen LogP contribution in [0.1, 0.15) is 20.8 Å². The molecule has 0 aromatic rings. The zero-order chi connectivity index (χ0) is 15.9. The third-order valence-electron chi connectivity index (χ3n) is 2.16. The van der Waals surface area contributed by atoms with Gasteiger partial charge in [-0.15, -0.1) is 0 Å². The first kappa shape index (κ1) is 18.5. The fourth-order valence-corrected chi connectivity index (χ4v) is 1.02. The Bertz CT molecular complexity index is 447. The minimum absolute atomic E-state index is 0.304. The maximum Gasteiger partial charge on any atom is 0.458 e. The first-order valence-electron chi connectivity index (χ1n) is 5.99. The van der Waals surface area contributed by atoms with Crippen LogP contribution in [0, 0.1) is 17.8 Å². The van der Waals surface area contributed by atoms with Crippen LogP contribution in [0.4, 0.5) is 17.6 Å². The third kappa shape index (κ3) is 8.54. The van der Waals surface area contributed by atoms with Crippen molar-refractivity contribution in [3.05, 3.63) is 36.2 Å². The minimum Gasteiger partial charge on any atom is -0.374 e. The lowest BCUT2D eigenvalue weighted by molar-refractivity contribution is -0.0696. The van der Waals surface area contributed by atoms with Gasteiger partial charge in [0.15, 0.2) is 0 Å². The average molecular weight is 290 g/mol. The summed E-state index contributed by atoms with van der Waals surface area (Å²) in [5.74, 6) is 1.94. The molecule has 1 atom stereocenters. The van der Waals surface area contributed by atoms with E-state index >= 15 is 0 Å². The Morgan fingerprint density at radius 1 is 1.25 bits per heavy atom. The van der Waals surface area contributed by atoms with Crippen molar-refractivity contribution in [3.8, 4) is 11.8 Å². The highest BCUT2D eigenvalue weighted by atomic mass is 19.4. The van der Waals surface area contributed by atoms with Crippen molar-refractivity contribution in [1.82, 2.24) is 0 Å². The molecule has 0 heterocycles. The normalized spacial score (nSPS) is 13.7. The Morgan fingerprint density at radius 2 is 1.80 bits per heavy atom. The molecule has 0 fully saturated rings. The molecular formula is C15H18F4O. The third-order valence-corrected chi connectivity index (χ3v) is 2.16. The minimum atomic E-state index is -4.67. The van der Waals surface area contributed by atoms with Gasteiger partial charge in [0.05, 0.1) is 11.7 Å². The summed E-state index contributed by atoms with van der Waals surface area (Å²) in [6.07, 6.45) is -4.13. The maximum absolute atomic E-state index is 13.6. The number of hydrogen-bond donors (Lipinski definition) is 0. The summed E-state index contributed by atoms with van der Waals surface area (Å²) in [6.45, 7) is 12.8. The quantitative estimate of drug-likeness (QED) is 0.395. The van der Waals surface area contributed by atoms with E-state index in [2.05, 4.69) is 13.2 Å². The van der Waals surface area contributed by atoms with Crippen molar-refractivity contribution in [2.75, 3.05) is 6.61 Å². The zero-order valence-electron chi connectivity index (χ0n) is 11.8. The predicted octanol–water partition coefficient (Wildman–Crippen LogP) is 4.58. The van der Waals surface area contributed by atoms with Gasteiger partial charge in [0, 0.05) is 12.5 Å². The second-order valence-corrected chi connectivity index (χ2v) is 4.66. The zero-order valence-corrected chi connectivity index (χ0v) is 11.8. The highest BCUT2D eigenvalue weighted by molar-refractivity contribution is 5.43. The molecule has 0 rings (SSSR count). The molecule has 0 amide bonds. The Morgan fingerprint density at radius 3 is 2.25 bits per heavy atom. The van der Waals surface area contributed by atoms with E-state index in [0.717, 1.165) is 12.0 Å². The second-order valence-electron chi connectivity index (χ2n) is 4.66. The molecule has 5 heteroatoms. The number of rotatable bonds is 6. The Labute approximate surface area is 117 Å². The van der Waals surface area contributed by atoms with E-state index in [-0.39, 0.29) is 0 Å². The molecule has 0 aromatic carbocycles. The Kier molecular flexibility index (Phi) is 7.30. The van der Waals surface area contributed by atoms with E-state index in [1.54, 1.807) is 12.8 Å². The van der Waals surface area contributed by atoms with Crippen LogP contribution in [0.25, 0.3) is 0 Å². The molecule has 0 aliphatic rings. The van der Waals surface area contributed by atoms with Crippen LogP contribution >= 0.6 is 0 Å². The lowest BCUT2D eigenvalue weighted by atomic mass is 10.1. The summed E-state index contributed by atoms with van der Waals surface area (Å²) in [4.78, 5) is 0. The SMILES string of the molecule is C=C(C#CC(F)(F)F)/C(F)=C\C(=C)C(C)OCC(C)C. The molecule has 0 saturated carbocycles. The molecule has 20 heavy (non-hydrogen) atoms. The van der Waals surface area contributed by atoms with E-state index in [1.165, 1.54) is 0 Å². The van der Waals surface area contributed by atoms with Gasteiger partial charge in [-0.05, 0) is 24.5 Å². The molecular weight excluding hydrogens is 272 g/mol. The van der Waals surface area contributed by atoms with E-state index in [9.17, 15) is 17.6 Å². The molecule has 0 aliphatic heterocycles. The van der Waals surface area contributed by atoms with Crippen molar-refractivity contribution < 1.29 is 22.3 Å². The van der Waals surface area contributed by atoms with Gasteiger partial charge in [0.25, 0.3) is 0 Å². The highest BCUT2D eigenvalue weighted by Crippen LogP contribution is 2.17. The molecule has 0 aliphatic carbocycles. The lowest BCUT2D eigenvalue weighted by Crippen LogP contribution is -2.13. The van der Waals surface area contributed by atoms with Crippen LogP contribution in [0.2, 0.25) is 0 Å². The molecule has 1 unspecified atom stereocenters. The molecule has 0 radical (unpaired) electrons. The van der Waals surface area contributed by atoms with Crippen molar-refractivity contribution in [2.45, 2.75) is 33.1 Å². The van der Waals surface area contributed by atoms with Crippen LogP contribution in [0.3, 0.4) is 0 Å². The largest absolute Gasteiger partial charge is 0.458 e. The monoisotopic (exact) mass is 290 g/mol. The van der Waals surface area contributed by atoms with Crippen LogP contribution < -0.4 is 0 Å². The van der Waals surface area contributed by atoms with E-state index in [4.69, 9.17) is 4.74 Å². The molecule has 0 bridgehead atoms. The Hall–Kier alpha value is -1.54. The number of ether oxygens (including phenoxy) is 1. The molecule has 0 N–H and O–H groups in total. The van der Waals surface area contributed by atoms with Gasteiger partial charge in [-0.2, -0.15) is 13.2 Å². The number of alkyl halides is 3. The van der Waals surface area contributed by atoms with Gasteiger partial charge < -0.3 is 4.74 Å². The first-order valence-corrected chi connectivity index (χ1v) is 5.99. The molecule has 0 spiro atoms. The average Bonchev–Trinajstić information content (AvgIpc) is 2.31. The highest BCUT2D eigenvalue weighted by Gasteiger charge is 2.23. The first-order chi connectivity index (χ1) is 9.03. The van der Waals surface area contributed by atoms with Gasteiger partial charge >= 0.3 is 6.18 Å². The summed E-state index contributed by atoms with van der Waals surface area (Å²) in [5, 5.41) is 0. The van der Waals surface area contributed by atoms with Gasteiger partial charge in [0.1, 0.15) is 5.83 Å². The summed E-state index contributed by atoms with van der Waals surface area (Å²) in [6, 6.07) is 0. The lowest BCUT2D eigenvalue weighted by Gasteiger charge is -2.15. The van der Waals surface area contributed by atoms with Gasteiger partial charge in [-0.25, -0.2) is 4.39 Å². The van der Waals surface area contributed by atoms with E-state index < -0.39 is 23.7 Å². The van der Waals surface area contributed by atoms with Crippen LogP contribution in [0.5, 0.6) is 0 Å². The molecule has 112 valence electrons. The second kappa shape index (κ2) is 7.91. The maximum atomic E-state index is 13.6. The molecule has 0 aromatic heterocycles. The molecule has 0 saturated heterocycles. The van der Waals surface area contributed by atoms with Crippen LogP contribution in [-0.4, -0.2) is 18.9 Å². The Balaban J connectivity index is 4.66. The van der Waals surface area contributed by atoms with Crippen LogP contribution in [-0.2, 0) is 4.74 Å². The standard InChI is InChI=1S/C15H18F4O/c1-10(2)9-20-13(5)12(4)8-14(16)11(3)6-7-15(17,18)19/h8,10,13H,3-4,9H2,1-2,5H3/b14-8+. The summed E-state index contributed by atoms with van der Waals surface area (Å²) < 4.78 is 54.5.